The Bertz CT molecular complexity index is 1190. The monoisotopic (exact) mass is 458 g/mol. The van der Waals surface area contributed by atoms with Crippen LogP contribution in [-0.4, -0.2) is 45.7 Å². The van der Waals surface area contributed by atoms with Crippen molar-refractivity contribution in [3.8, 4) is 28.6 Å². The standard InChI is InChI=1S/C22H22N2O9/c1-28-21-17(30-12-32-19(27)10-24)8-16(29-11-31-18(26)9-23)20-14(25)7-15(33-22(20)21)13-5-3-2-4-6-13/h2-8H,9-12,23-24H2,1H3. The lowest BCUT2D eigenvalue weighted by molar-refractivity contribution is -0.149. The minimum absolute atomic E-state index is 0.0101. The molecule has 0 bridgehead atoms. The van der Waals surface area contributed by atoms with Crippen LogP contribution in [0.5, 0.6) is 17.2 Å². The second-order valence-corrected chi connectivity index (χ2v) is 6.42. The Hall–Kier alpha value is -4.09. The molecule has 0 atom stereocenters. The second-order valence-electron chi connectivity index (χ2n) is 6.42. The van der Waals surface area contributed by atoms with Crippen molar-refractivity contribution in [1.29, 1.82) is 0 Å². The highest BCUT2D eigenvalue weighted by molar-refractivity contribution is 5.92. The molecule has 0 spiro atoms. The molecular weight excluding hydrogens is 436 g/mol. The summed E-state index contributed by atoms with van der Waals surface area (Å²) in [6.45, 7) is -1.66. The number of hydrogen-bond acceptors (Lipinski definition) is 11. The first kappa shape index (κ1) is 23.6. The first-order valence-corrected chi connectivity index (χ1v) is 9.69. The zero-order valence-corrected chi connectivity index (χ0v) is 17.7. The molecule has 0 fully saturated rings. The van der Waals surface area contributed by atoms with Gasteiger partial charge in [-0.2, -0.15) is 0 Å². The number of carbonyl (C=O) groups is 2. The highest BCUT2D eigenvalue weighted by atomic mass is 16.7. The molecule has 0 aliphatic heterocycles. The summed E-state index contributed by atoms with van der Waals surface area (Å²) in [5, 5.41) is 0.0293. The number of ether oxygens (including phenoxy) is 5. The Morgan fingerprint density at radius 1 is 0.909 bits per heavy atom. The van der Waals surface area contributed by atoms with Crippen molar-refractivity contribution in [3.05, 3.63) is 52.7 Å². The summed E-state index contributed by atoms with van der Waals surface area (Å²) in [7, 11) is 1.35. The highest BCUT2D eigenvalue weighted by Gasteiger charge is 2.22. The molecule has 0 unspecified atom stereocenters. The summed E-state index contributed by atoms with van der Waals surface area (Å²) in [5.74, 6) is -1.00. The third-order valence-electron chi connectivity index (χ3n) is 4.35. The molecule has 2 aromatic carbocycles. The van der Waals surface area contributed by atoms with Gasteiger partial charge in [-0.1, -0.05) is 30.3 Å². The molecule has 1 heterocycles. The maximum absolute atomic E-state index is 13.0. The molecular formula is C22H22N2O9. The highest BCUT2D eigenvalue weighted by Crippen LogP contribution is 2.41. The van der Waals surface area contributed by atoms with Gasteiger partial charge in [0.1, 0.15) is 16.9 Å². The normalized spacial score (nSPS) is 10.5. The molecule has 0 amide bonds. The largest absolute Gasteiger partial charge is 0.490 e. The molecule has 0 aliphatic rings. The smallest absolute Gasteiger partial charge is 0.322 e. The minimum Gasteiger partial charge on any atom is -0.490 e. The zero-order chi connectivity index (χ0) is 23.8. The molecule has 33 heavy (non-hydrogen) atoms. The fourth-order valence-corrected chi connectivity index (χ4v) is 2.85. The number of rotatable bonds is 10. The molecule has 0 aliphatic carbocycles. The van der Waals surface area contributed by atoms with Gasteiger partial charge in [-0.05, 0) is 0 Å². The van der Waals surface area contributed by atoms with E-state index in [2.05, 4.69) is 0 Å². The first-order chi connectivity index (χ1) is 16.0. The van der Waals surface area contributed by atoms with Crippen molar-refractivity contribution < 1.29 is 37.7 Å². The molecule has 3 rings (SSSR count). The van der Waals surface area contributed by atoms with Crippen LogP contribution in [0.2, 0.25) is 0 Å². The van der Waals surface area contributed by atoms with Crippen molar-refractivity contribution in [3.63, 3.8) is 0 Å². The maximum Gasteiger partial charge on any atom is 0.322 e. The van der Waals surface area contributed by atoms with Crippen molar-refractivity contribution in [2.45, 2.75) is 0 Å². The van der Waals surface area contributed by atoms with E-state index in [1.165, 1.54) is 19.2 Å². The van der Waals surface area contributed by atoms with Gasteiger partial charge in [0.2, 0.25) is 19.3 Å². The van der Waals surface area contributed by atoms with E-state index < -0.39 is 31.0 Å². The molecule has 4 N–H and O–H groups in total. The van der Waals surface area contributed by atoms with Crippen LogP contribution in [0.15, 0.2) is 51.7 Å². The summed E-state index contributed by atoms with van der Waals surface area (Å²) in [6, 6.07) is 11.6. The van der Waals surface area contributed by atoms with Gasteiger partial charge in [0.15, 0.2) is 16.8 Å². The minimum atomic E-state index is -0.698. The average Bonchev–Trinajstić information content (AvgIpc) is 2.83. The number of methoxy groups -OCH3 is 1. The molecule has 174 valence electrons. The maximum atomic E-state index is 13.0. The third kappa shape index (κ3) is 5.59. The molecule has 11 heteroatoms. The van der Waals surface area contributed by atoms with E-state index in [9.17, 15) is 14.4 Å². The van der Waals surface area contributed by atoms with Crippen LogP contribution >= 0.6 is 0 Å². The Kier molecular flexibility index (Phi) is 7.84. The lowest BCUT2D eigenvalue weighted by atomic mass is 10.1. The van der Waals surface area contributed by atoms with Gasteiger partial charge in [0, 0.05) is 17.7 Å². The zero-order valence-electron chi connectivity index (χ0n) is 17.7. The van der Waals surface area contributed by atoms with Crippen LogP contribution in [0.4, 0.5) is 0 Å². The molecule has 0 radical (unpaired) electrons. The van der Waals surface area contributed by atoms with Crippen LogP contribution in [0.3, 0.4) is 0 Å². The van der Waals surface area contributed by atoms with Crippen molar-refractivity contribution in [1.82, 2.24) is 0 Å². The molecule has 0 saturated heterocycles. The number of hydrogen-bond donors (Lipinski definition) is 2. The van der Waals surface area contributed by atoms with Gasteiger partial charge in [-0.25, -0.2) is 0 Å². The summed E-state index contributed by atoms with van der Waals surface area (Å²) in [4.78, 5) is 35.7. The first-order valence-electron chi connectivity index (χ1n) is 9.69. The van der Waals surface area contributed by atoms with Gasteiger partial charge < -0.3 is 39.6 Å². The Labute approximate surface area is 187 Å². The van der Waals surface area contributed by atoms with Crippen LogP contribution in [-0.2, 0) is 19.1 Å². The predicted molar refractivity (Wildman–Crippen MR) is 116 cm³/mol. The molecule has 3 aromatic rings. The topological polar surface area (TPSA) is 163 Å². The van der Waals surface area contributed by atoms with Gasteiger partial charge in [-0.3, -0.25) is 14.4 Å². The summed E-state index contributed by atoms with van der Waals surface area (Å²) < 4.78 is 32.0. The van der Waals surface area contributed by atoms with Crippen LogP contribution < -0.4 is 31.1 Å². The van der Waals surface area contributed by atoms with E-state index in [0.29, 0.717) is 5.56 Å². The van der Waals surface area contributed by atoms with E-state index in [1.807, 2.05) is 6.07 Å². The molecule has 0 saturated carbocycles. The van der Waals surface area contributed by atoms with Gasteiger partial charge >= 0.3 is 11.9 Å². The van der Waals surface area contributed by atoms with Crippen LogP contribution in [0.25, 0.3) is 22.3 Å². The summed E-state index contributed by atoms with van der Waals surface area (Å²) in [6.07, 6.45) is 0. The number of fused-ring (bicyclic) bond motifs is 1. The SMILES string of the molecule is COc1c(OCOC(=O)CN)cc(OCOC(=O)CN)c2c(=O)cc(-c3ccccc3)oc12. The van der Waals surface area contributed by atoms with E-state index in [4.69, 9.17) is 39.6 Å². The van der Waals surface area contributed by atoms with E-state index >= 15 is 0 Å². The van der Waals surface area contributed by atoms with E-state index in [1.54, 1.807) is 24.3 Å². The summed E-state index contributed by atoms with van der Waals surface area (Å²) in [5.41, 5.74) is 10.7. The average molecular weight is 458 g/mol. The number of esters is 2. The lowest BCUT2D eigenvalue weighted by Gasteiger charge is -2.16. The second kappa shape index (κ2) is 11.0. The summed E-state index contributed by atoms with van der Waals surface area (Å²) >= 11 is 0. The Morgan fingerprint density at radius 3 is 2.09 bits per heavy atom. The Morgan fingerprint density at radius 2 is 1.52 bits per heavy atom. The van der Waals surface area contributed by atoms with Crippen molar-refractivity contribution in [2.24, 2.45) is 11.5 Å². The van der Waals surface area contributed by atoms with Gasteiger partial charge in [0.25, 0.3) is 0 Å². The quantitative estimate of drug-likeness (QED) is 0.331. The fraction of sp³-hybridized carbons (Fsp3) is 0.227. The number of benzene rings is 2. The fourth-order valence-electron chi connectivity index (χ4n) is 2.85. The van der Waals surface area contributed by atoms with Crippen molar-refractivity contribution >= 4 is 22.9 Å². The Balaban J connectivity index is 2.10. The van der Waals surface area contributed by atoms with E-state index in [0.717, 1.165) is 0 Å². The third-order valence-corrected chi connectivity index (χ3v) is 4.35. The van der Waals surface area contributed by atoms with Gasteiger partial charge in [0.05, 0.1) is 20.2 Å². The van der Waals surface area contributed by atoms with E-state index in [-0.39, 0.29) is 47.1 Å². The molecule has 11 nitrogen and oxygen atoms in total. The lowest BCUT2D eigenvalue weighted by Crippen LogP contribution is -2.20. The van der Waals surface area contributed by atoms with Crippen LogP contribution in [0, 0.1) is 0 Å². The number of carbonyl (C=O) groups excluding carboxylic acids is 2. The van der Waals surface area contributed by atoms with Crippen LogP contribution in [0.1, 0.15) is 0 Å². The number of nitrogens with two attached hydrogens (primary N) is 2. The molecule has 1 aromatic heterocycles. The van der Waals surface area contributed by atoms with Gasteiger partial charge in [-0.15, -0.1) is 0 Å². The predicted octanol–water partition coefficient (Wildman–Crippen LogP) is 1.15. The van der Waals surface area contributed by atoms with Crippen molar-refractivity contribution in [2.75, 3.05) is 33.8 Å².